The van der Waals surface area contributed by atoms with E-state index in [4.69, 9.17) is 11.6 Å². The predicted octanol–water partition coefficient (Wildman–Crippen LogP) is 3.83. The monoisotopic (exact) mass is 359 g/mol. The Kier molecular flexibility index (Phi) is 4.55. The van der Waals surface area contributed by atoms with Gasteiger partial charge in [0.05, 0.1) is 11.9 Å². The molecule has 0 aliphatic carbocycles. The molecule has 1 saturated heterocycles. The molecule has 1 aliphatic heterocycles. The lowest BCUT2D eigenvalue weighted by Gasteiger charge is -2.23. The first-order valence-electron chi connectivity index (χ1n) is 8.45. The normalized spacial score (nSPS) is 15.6. The molecule has 2 aromatic heterocycles. The van der Waals surface area contributed by atoms with Crippen molar-refractivity contribution in [1.82, 2.24) is 20.3 Å². The summed E-state index contributed by atoms with van der Waals surface area (Å²) in [6.45, 7) is 2.84. The van der Waals surface area contributed by atoms with E-state index in [-0.39, 0.29) is 5.82 Å². The van der Waals surface area contributed by atoms with Crippen LogP contribution in [-0.4, -0.2) is 34.6 Å². The van der Waals surface area contributed by atoms with Crippen LogP contribution in [0.4, 0.5) is 10.1 Å². The van der Waals surface area contributed by atoms with E-state index in [0.29, 0.717) is 27.9 Å². The highest BCUT2D eigenvalue weighted by molar-refractivity contribution is 6.29. The molecule has 0 amide bonds. The summed E-state index contributed by atoms with van der Waals surface area (Å²) in [4.78, 5) is 11.6. The quantitative estimate of drug-likeness (QED) is 0.662. The van der Waals surface area contributed by atoms with Gasteiger partial charge in [-0.3, -0.25) is 0 Å². The molecule has 0 atom stereocenters. The molecular formula is C18H19ClFN5. The van der Waals surface area contributed by atoms with E-state index < -0.39 is 0 Å². The van der Waals surface area contributed by atoms with Crippen molar-refractivity contribution >= 4 is 28.5 Å². The van der Waals surface area contributed by atoms with Crippen molar-refractivity contribution in [3.63, 3.8) is 0 Å². The molecule has 0 saturated carbocycles. The van der Waals surface area contributed by atoms with Crippen LogP contribution in [-0.2, 0) is 0 Å². The van der Waals surface area contributed by atoms with Gasteiger partial charge in [-0.1, -0.05) is 17.7 Å². The third-order valence-corrected chi connectivity index (χ3v) is 4.85. The lowest BCUT2D eigenvalue weighted by atomic mass is 9.98. The van der Waals surface area contributed by atoms with Crippen LogP contribution in [0.5, 0.6) is 0 Å². The second-order valence-electron chi connectivity index (χ2n) is 6.36. The van der Waals surface area contributed by atoms with Crippen molar-refractivity contribution in [3.8, 4) is 11.1 Å². The molecule has 0 bridgehead atoms. The molecule has 130 valence electrons. The Morgan fingerprint density at radius 2 is 2.12 bits per heavy atom. The first kappa shape index (κ1) is 16.3. The van der Waals surface area contributed by atoms with Crippen LogP contribution in [0.15, 0.2) is 30.6 Å². The van der Waals surface area contributed by atoms with Gasteiger partial charge < -0.3 is 15.6 Å². The van der Waals surface area contributed by atoms with E-state index >= 15 is 0 Å². The first-order chi connectivity index (χ1) is 12.2. The van der Waals surface area contributed by atoms with Crippen molar-refractivity contribution in [3.05, 3.63) is 41.6 Å². The zero-order valence-corrected chi connectivity index (χ0v) is 14.4. The highest BCUT2D eigenvalue weighted by Gasteiger charge is 2.15. The standard InChI is InChI=1S/C18H19ClFN5/c19-16-10-24-18-17(25-16)13(9-23-18)12-1-2-14(20)15(7-12)22-8-11-3-5-21-6-4-11/h1-2,7,9-11,21-22H,3-6,8H2,(H,23,24). The Bertz CT molecular complexity index is 888. The summed E-state index contributed by atoms with van der Waals surface area (Å²) in [5, 5.41) is 6.95. The SMILES string of the molecule is Fc1ccc(-c2c[nH]c3ncc(Cl)nc23)cc1NCC1CCNCC1. The zero-order chi connectivity index (χ0) is 17.2. The number of piperidine rings is 1. The second kappa shape index (κ2) is 6.98. The molecule has 3 heterocycles. The van der Waals surface area contributed by atoms with Crippen LogP contribution in [0.1, 0.15) is 12.8 Å². The number of H-pyrrole nitrogens is 1. The largest absolute Gasteiger partial charge is 0.382 e. The summed E-state index contributed by atoms with van der Waals surface area (Å²) in [5.41, 5.74) is 3.59. The van der Waals surface area contributed by atoms with E-state index in [9.17, 15) is 4.39 Å². The lowest BCUT2D eigenvalue weighted by molar-refractivity contribution is 0.389. The van der Waals surface area contributed by atoms with Crippen molar-refractivity contribution in [1.29, 1.82) is 0 Å². The molecule has 3 aromatic rings. The number of hydrogen-bond donors (Lipinski definition) is 3. The molecule has 7 heteroatoms. The van der Waals surface area contributed by atoms with Gasteiger partial charge >= 0.3 is 0 Å². The Labute approximate surface area is 150 Å². The number of nitrogens with one attached hydrogen (secondary N) is 3. The highest BCUT2D eigenvalue weighted by Crippen LogP contribution is 2.30. The molecule has 0 spiro atoms. The third-order valence-electron chi connectivity index (χ3n) is 4.67. The van der Waals surface area contributed by atoms with Crippen LogP contribution in [0.3, 0.4) is 0 Å². The lowest BCUT2D eigenvalue weighted by Crippen LogP contribution is -2.31. The van der Waals surface area contributed by atoms with Gasteiger partial charge in [-0.2, -0.15) is 0 Å². The molecule has 1 fully saturated rings. The molecule has 1 aromatic carbocycles. The van der Waals surface area contributed by atoms with Gasteiger partial charge in [-0.05, 0) is 49.5 Å². The van der Waals surface area contributed by atoms with Crippen LogP contribution in [0, 0.1) is 11.7 Å². The average molecular weight is 360 g/mol. The van der Waals surface area contributed by atoms with Gasteiger partial charge in [0.15, 0.2) is 5.65 Å². The number of fused-ring (bicyclic) bond motifs is 1. The minimum absolute atomic E-state index is 0.248. The maximum absolute atomic E-state index is 14.2. The fraction of sp³-hybridized carbons (Fsp3) is 0.333. The minimum atomic E-state index is -0.248. The van der Waals surface area contributed by atoms with Gasteiger partial charge in [0.25, 0.3) is 0 Å². The Hall–Kier alpha value is -2.18. The van der Waals surface area contributed by atoms with Crippen molar-refractivity contribution < 1.29 is 4.39 Å². The second-order valence-corrected chi connectivity index (χ2v) is 6.75. The summed E-state index contributed by atoms with van der Waals surface area (Å²) in [7, 11) is 0. The predicted molar refractivity (Wildman–Crippen MR) is 98.4 cm³/mol. The number of aromatic amines is 1. The van der Waals surface area contributed by atoms with Gasteiger partial charge in [0.2, 0.25) is 0 Å². The van der Waals surface area contributed by atoms with Crippen molar-refractivity contribution in [2.45, 2.75) is 12.8 Å². The topological polar surface area (TPSA) is 65.6 Å². The summed E-state index contributed by atoms with van der Waals surface area (Å²) in [6, 6.07) is 5.05. The average Bonchev–Trinajstić information content (AvgIpc) is 3.05. The number of rotatable bonds is 4. The van der Waals surface area contributed by atoms with Crippen molar-refractivity contribution in [2.24, 2.45) is 5.92 Å². The van der Waals surface area contributed by atoms with Crippen LogP contribution in [0.25, 0.3) is 22.3 Å². The molecule has 25 heavy (non-hydrogen) atoms. The zero-order valence-electron chi connectivity index (χ0n) is 13.6. The molecule has 1 aliphatic rings. The van der Waals surface area contributed by atoms with E-state index in [1.807, 2.05) is 12.3 Å². The summed E-state index contributed by atoms with van der Waals surface area (Å²) in [6.07, 6.45) is 5.56. The highest BCUT2D eigenvalue weighted by atomic mass is 35.5. The van der Waals surface area contributed by atoms with Gasteiger partial charge in [0, 0.05) is 18.3 Å². The van der Waals surface area contributed by atoms with Crippen LogP contribution >= 0.6 is 11.6 Å². The molecule has 0 radical (unpaired) electrons. The van der Waals surface area contributed by atoms with E-state index in [2.05, 4.69) is 25.6 Å². The van der Waals surface area contributed by atoms with Crippen molar-refractivity contribution in [2.75, 3.05) is 25.0 Å². The van der Waals surface area contributed by atoms with Gasteiger partial charge in [-0.15, -0.1) is 0 Å². The van der Waals surface area contributed by atoms with E-state index in [0.717, 1.165) is 43.6 Å². The Morgan fingerprint density at radius 3 is 2.96 bits per heavy atom. The summed E-state index contributed by atoms with van der Waals surface area (Å²) < 4.78 is 14.2. The molecule has 5 nitrogen and oxygen atoms in total. The maximum atomic E-state index is 14.2. The number of hydrogen-bond acceptors (Lipinski definition) is 4. The fourth-order valence-corrected chi connectivity index (χ4v) is 3.39. The van der Waals surface area contributed by atoms with Gasteiger partial charge in [0.1, 0.15) is 16.5 Å². The summed E-state index contributed by atoms with van der Waals surface area (Å²) in [5.74, 6) is 0.323. The van der Waals surface area contributed by atoms with E-state index in [1.54, 1.807) is 6.07 Å². The molecular weight excluding hydrogens is 341 g/mol. The number of benzene rings is 1. The Balaban J connectivity index is 1.60. The molecule has 0 unspecified atom stereocenters. The fourth-order valence-electron chi connectivity index (χ4n) is 3.26. The smallest absolute Gasteiger partial charge is 0.156 e. The Morgan fingerprint density at radius 1 is 1.28 bits per heavy atom. The molecule has 4 rings (SSSR count). The number of halogens is 2. The third kappa shape index (κ3) is 3.45. The number of nitrogens with zero attached hydrogens (tertiary/aromatic N) is 2. The number of aromatic nitrogens is 3. The molecule has 3 N–H and O–H groups in total. The van der Waals surface area contributed by atoms with Gasteiger partial charge in [-0.25, -0.2) is 14.4 Å². The van der Waals surface area contributed by atoms with Crippen LogP contribution in [0.2, 0.25) is 5.15 Å². The summed E-state index contributed by atoms with van der Waals surface area (Å²) >= 11 is 5.96. The van der Waals surface area contributed by atoms with E-state index in [1.165, 1.54) is 12.3 Å². The van der Waals surface area contributed by atoms with Crippen LogP contribution < -0.4 is 10.6 Å². The first-order valence-corrected chi connectivity index (χ1v) is 8.82. The minimum Gasteiger partial charge on any atom is -0.382 e. The number of anilines is 1. The maximum Gasteiger partial charge on any atom is 0.156 e.